The summed E-state index contributed by atoms with van der Waals surface area (Å²) < 4.78 is 5.48. The molecule has 4 heteroatoms. The van der Waals surface area contributed by atoms with Crippen LogP contribution in [0.25, 0.3) is 0 Å². The molecule has 4 nitrogen and oxygen atoms in total. The summed E-state index contributed by atoms with van der Waals surface area (Å²) in [5.41, 5.74) is 7.34. The number of carbonyl (C=O) groups excluding carboxylic acids is 1. The van der Waals surface area contributed by atoms with E-state index in [2.05, 4.69) is 5.32 Å². The number of nitrogens with one attached hydrogen (secondary N) is 1. The van der Waals surface area contributed by atoms with Crippen LogP contribution in [0.4, 0.5) is 5.69 Å². The van der Waals surface area contributed by atoms with Crippen LogP contribution in [0, 0.1) is 5.92 Å². The average molecular weight is 262 g/mol. The molecule has 1 aliphatic carbocycles. The van der Waals surface area contributed by atoms with E-state index in [1.165, 1.54) is 12.8 Å². The van der Waals surface area contributed by atoms with Crippen molar-refractivity contribution in [3.8, 4) is 0 Å². The van der Waals surface area contributed by atoms with Crippen LogP contribution in [0.5, 0.6) is 0 Å². The molecule has 0 spiro atoms. The number of carbonyl (C=O) groups is 1. The molecule has 0 aliphatic heterocycles. The smallest absolute Gasteiger partial charge is 0.227 e. The number of hydrogen-bond donors (Lipinski definition) is 2. The van der Waals surface area contributed by atoms with Gasteiger partial charge in [-0.2, -0.15) is 0 Å². The summed E-state index contributed by atoms with van der Waals surface area (Å²) in [5.74, 6) is 0.592. The molecule has 0 heterocycles. The number of benzene rings is 1. The minimum Gasteiger partial charge on any atom is -0.399 e. The van der Waals surface area contributed by atoms with E-state index in [9.17, 15) is 4.79 Å². The van der Waals surface area contributed by atoms with Crippen LogP contribution in [0.1, 0.15) is 31.2 Å². The molecule has 1 aromatic carbocycles. The molecule has 1 fully saturated rings. The summed E-state index contributed by atoms with van der Waals surface area (Å²) in [4.78, 5) is 12.0. The summed E-state index contributed by atoms with van der Waals surface area (Å²) >= 11 is 0. The minimum absolute atomic E-state index is 0.0145. The minimum atomic E-state index is -0.188. The fraction of sp³-hybridized carbons (Fsp3) is 0.533. The number of nitrogens with two attached hydrogens (primary N) is 1. The first-order chi connectivity index (χ1) is 9.16. The maximum Gasteiger partial charge on any atom is 0.227 e. The third-order valence-electron chi connectivity index (χ3n) is 3.40. The first-order valence-corrected chi connectivity index (χ1v) is 6.87. The number of rotatable bonds is 7. The molecule has 1 aliphatic rings. The molecule has 1 atom stereocenters. The zero-order valence-electron chi connectivity index (χ0n) is 11.4. The maximum atomic E-state index is 12.0. The number of nitrogen functional groups attached to an aromatic ring is 1. The Kier molecular flexibility index (Phi) is 4.80. The van der Waals surface area contributed by atoms with Gasteiger partial charge < -0.3 is 15.8 Å². The standard InChI is InChI=1S/C15H22N2O2/c1-11(13-3-2-4-14(16)9-13)15(18)17-7-8-19-10-12-5-6-12/h2-4,9,11-12H,5-8,10,16H2,1H3,(H,17,18). The first-order valence-electron chi connectivity index (χ1n) is 6.87. The normalized spacial score (nSPS) is 16.1. The van der Waals surface area contributed by atoms with E-state index in [0.717, 1.165) is 18.1 Å². The second-order valence-electron chi connectivity index (χ2n) is 5.20. The maximum absolute atomic E-state index is 12.0. The van der Waals surface area contributed by atoms with Gasteiger partial charge in [-0.15, -0.1) is 0 Å². The van der Waals surface area contributed by atoms with E-state index >= 15 is 0 Å². The summed E-state index contributed by atoms with van der Waals surface area (Å²) in [6.07, 6.45) is 2.58. The molecule has 3 N–H and O–H groups in total. The molecule has 0 radical (unpaired) electrons. The highest BCUT2D eigenvalue weighted by molar-refractivity contribution is 5.83. The lowest BCUT2D eigenvalue weighted by Crippen LogP contribution is -2.31. The van der Waals surface area contributed by atoms with Crippen LogP contribution in [-0.4, -0.2) is 25.7 Å². The van der Waals surface area contributed by atoms with Crippen molar-refractivity contribution in [1.29, 1.82) is 0 Å². The monoisotopic (exact) mass is 262 g/mol. The molecule has 1 amide bonds. The van der Waals surface area contributed by atoms with Crippen molar-refractivity contribution in [2.45, 2.75) is 25.7 Å². The van der Waals surface area contributed by atoms with Crippen molar-refractivity contribution in [2.24, 2.45) is 5.92 Å². The molecule has 0 saturated heterocycles. The Bertz CT molecular complexity index is 430. The van der Waals surface area contributed by atoms with E-state index in [1.807, 2.05) is 31.2 Å². The van der Waals surface area contributed by atoms with E-state index in [4.69, 9.17) is 10.5 Å². The van der Waals surface area contributed by atoms with Gasteiger partial charge in [0.05, 0.1) is 12.5 Å². The van der Waals surface area contributed by atoms with Crippen LogP contribution < -0.4 is 11.1 Å². The molecule has 0 bridgehead atoms. The van der Waals surface area contributed by atoms with E-state index in [0.29, 0.717) is 18.8 Å². The van der Waals surface area contributed by atoms with Crippen molar-refractivity contribution >= 4 is 11.6 Å². The van der Waals surface area contributed by atoms with Gasteiger partial charge in [-0.05, 0) is 43.4 Å². The molecule has 104 valence electrons. The predicted octanol–water partition coefficient (Wildman–Crippen LogP) is 1.92. The number of anilines is 1. The highest BCUT2D eigenvalue weighted by Crippen LogP contribution is 2.28. The van der Waals surface area contributed by atoms with Gasteiger partial charge in [0.1, 0.15) is 0 Å². The van der Waals surface area contributed by atoms with Gasteiger partial charge in [-0.25, -0.2) is 0 Å². The summed E-state index contributed by atoms with van der Waals surface area (Å²) in [5, 5.41) is 2.89. The highest BCUT2D eigenvalue weighted by Gasteiger charge is 2.21. The van der Waals surface area contributed by atoms with E-state index in [-0.39, 0.29) is 11.8 Å². The number of hydrogen-bond acceptors (Lipinski definition) is 3. The third kappa shape index (κ3) is 4.56. The summed E-state index contributed by atoms with van der Waals surface area (Å²) in [6.45, 7) is 3.87. The lowest BCUT2D eigenvalue weighted by Gasteiger charge is -2.13. The molecule has 1 aromatic rings. The van der Waals surface area contributed by atoms with Gasteiger partial charge >= 0.3 is 0 Å². The van der Waals surface area contributed by atoms with E-state index < -0.39 is 0 Å². The molecule has 1 unspecified atom stereocenters. The Morgan fingerprint density at radius 3 is 3.00 bits per heavy atom. The summed E-state index contributed by atoms with van der Waals surface area (Å²) in [6, 6.07) is 7.45. The SMILES string of the molecule is CC(C(=O)NCCOCC1CC1)c1cccc(N)c1. The molecular weight excluding hydrogens is 240 g/mol. The largest absolute Gasteiger partial charge is 0.399 e. The van der Waals surface area contributed by atoms with Crippen LogP contribution in [-0.2, 0) is 9.53 Å². The van der Waals surface area contributed by atoms with Gasteiger partial charge in [-0.3, -0.25) is 4.79 Å². The van der Waals surface area contributed by atoms with Crippen molar-refractivity contribution in [3.05, 3.63) is 29.8 Å². The second-order valence-corrected chi connectivity index (χ2v) is 5.20. The topological polar surface area (TPSA) is 64.3 Å². The van der Waals surface area contributed by atoms with Crippen LogP contribution in [0.3, 0.4) is 0 Å². The van der Waals surface area contributed by atoms with Crippen molar-refractivity contribution in [2.75, 3.05) is 25.5 Å². The first kappa shape index (κ1) is 13.9. The number of ether oxygens (including phenoxy) is 1. The molecule has 19 heavy (non-hydrogen) atoms. The van der Waals surface area contributed by atoms with E-state index in [1.54, 1.807) is 0 Å². The number of amides is 1. The zero-order chi connectivity index (χ0) is 13.7. The molecule has 2 rings (SSSR count). The Balaban J connectivity index is 1.69. The zero-order valence-corrected chi connectivity index (χ0v) is 11.4. The van der Waals surface area contributed by atoms with Gasteiger partial charge in [0, 0.05) is 18.8 Å². The van der Waals surface area contributed by atoms with Gasteiger partial charge in [0.15, 0.2) is 0 Å². The lowest BCUT2D eigenvalue weighted by molar-refractivity contribution is -0.122. The summed E-state index contributed by atoms with van der Waals surface area (Å²) in [7, 11) is 0. The molecular formula is C15H22N2O2. The van der Waals surface area contributed by atoms with Gasteiger partial charge in [0.25, 0.3) is 0 Å². The lowest BCUT2D eigenvalue weighted by atomic mass is 10.00. The van der Waals surface area contributed by atoms with Crippen molar-refractivity contribution in [3.63, 3.8) is 0 Å². The van der Waals surface area contributed by atoms with Gasteiger partial charge in [0.2, 0.25) is 5.91 Å². The van der Waals surface area contributed by atoms with Crippen molar-refractivity contribution in [1.82, 2.24) is 5.32 Å². The fourth-order valence-electron chi connectivity index (χ4n) is 1.91. The van der Waals surface area contributed by atoms with Crippen molar-refractivity contribution < 1.29 is 9.53 Å². The van der Waals surface area contributed by atoms with Crippen LogP contribution >= 0.6 is 0 Å². The molecule has 0 aromatic heterocycles. The molecule has 1 saturated carbocycles. The van der Waals surface area contributed by atoms with Crippen LogP contribution in [0.15, 0.2) is 24.3 Å². The average Bonchev–Trinajstić information content (AvgIpc) is 3.21. The Morgan fingerprint density at radius 1 is 1.53 bits per heavy atom. The van der Waals surface area contributed by atoms with Crippen LogP contribution in [0.2, 0.25) is 0 Å². The highest BCUT2D eigenvalue weighted by atomic mass is 16.5. The third-order valence-corrected chi connectivity index (χ3v) is 3.40. The quantitative estimate of drug-likeness (QED) is 0.583. The van der Waals surface area contributed by atoms with Gasteiger partial charge in [-0.1, -0.05) is 12.1 Å². The predicted molar refractivity (Wildman–Crippen MR) is 75.8 cm³/mol. The Labute approximate surface area is 114 Å². The Morgan fingerprint density at radius 2 is 2.32 bits per heavy atom. The second kappa shape index (κ2) is 6.57. The fourth-order valence-corrected chi connectivity index (χ4v) is 1.91. The Hall–Kier alpha value is -1.55.